The van der Waals surface area contributed by atoms with Crippen LogP contribution in [0.4, 0.5) is 0 Å². The lowest BCUT2D eigenvalue weighted by atomic mass is 11.0. The van der Waals surface area contributed by atoms with Crippen molar-refractivity contribution in [1.82, 2.24) is 4.98 Å². The fraction of sp³-hybridized carbons (Fsp3) is 0. The zero-order valence-corrected chi connectivity index (χ0v) is 6.06. The summed E-state index contributed by atoms with van der Waals surface area (Å²) in [7, 11) is 6.29. The number of hydrogen-bond donors (Lipinski definition) is 1. The van der Waals surface area contributed by atoms with E-state index in [0.717, 1.165) is 11.0 Å². The quantitative estimate of drug-likeness (QED) is 0.696. The molecule has 1 rings (SSSR count). The van der Waals surface area contributed by atoms with Gasteiger partial charge in [-0.3, -0.25) is 0 Å². The second-order valence-electron chi connectivity index (χ2n) is 1.05. The Morgan fingerprint density at radius 3 is 2.88 bits per heavy atom. The summed E-state index contributed by atoms with van der Waals surface area (Å²) in [6.07, 6.45) is 0. The Balaban J connectivity index is 2.84. The Kier molecular flexibility index (Phi) is 1.99. The van der Waals surface area contributed by atoms with Gasteiger partial charge in [0.15, 0.2) is 0 Å². The lowest BCUT2D eigenvalue weighted by molar-refractivity contribution is 0.468. The van der Waals surface area contributed by atoms with Crippen molar-refractivity contribution in [3.05, 3.63) is 5.38 Å². The molecule has 0 atom stereocenters. The molecule has 0 saturated heterocycles. The third-order valence-electron chi connectivity index (χ3n) is 0.550. The molecular formula is C3H2ClNOS2. The highest BCUT2D eigenvalue weighted by Gasteiger charge is 1.96. The molecule has 0 aliphatic carbocycles. The summed E-state index contributed by atoms with van der Waals surface area (Å²) in [5.41, 5.74) is 0. The molecule has 0 spiro atoms. The van der Waals surface area contributed by atoms with Crippen LogP contribution in [-0.4, -0.2) is 10.1 Å². The van der Waals surface area contributed by atoms with E-state index in [-0.39, 0.29) is 5.19 Å². The zero-order chi connectivity index (χ0) is 5.98. The summed E-state index contributed by atoms with van der Waals surface area (Å²) in [4.78, 5) is 3.63. The molecule has 1 N–H and O–H groups in total. The molecule has 0 aromatic carbocycles. The number of halogens is 1. The monoisotopic (exact) mass is 167 g/mol. The van der Waals surface area contributed by atoms with Gasteiger partial charge in [-0.15, -0.1) is 0 Å². The first-order valence-electron chi connectivity index (χ1n) is 1.76. The molecule has 0 radical (unpaired) electrons. The van der Waals surface area contributed by atoms with E-state index in [4.69, 9.17) is 15.8 Å². The van der Waals surface area contributed by atoms with Gasteiger partial charge >= 0.3 is 0 Å². The molecule has 0 aliphatic rings. The van der Waals surface area contributed by atoms with Crippen LogP contribution < -0.4 is 0 Å². The molecule has 0 amide bonds. The average molecular weight is 168 g/mol. The van der Waals surface area contributed by atoms with E-state index in [1.54, 1.807) is 5.38 Å². The van der Waals surface area contributed by atoms with Crippen LogP contribution in [0.25, 0.3) is 0 Å². The van der Waals surface area contributed by atoms with Crippen LogP contribution in [0, 0.1) is 0 Å². The summed E-state index contributed by atoms with van der Waals surface area (Å²) < 4.78 is 0. The zero-order valence-electron chi connectivity index (χ0n) is 3.67. The SMILES string of the molecule is Oc1nc(SCl)cs1. The van der Waals surface area contributed by atoms with E-state index in [2.05, 4.69) is 4.98 Å². The molecule has 8 heavy (non-hydrogen) atoms. The molecule has 0 bridgehead atoms. The minimum atomic E-state index is 0.0631. The predicted molar refractivity (Wildman–Crippen MR) is 35.5 cm³/mol. The van der Waals surface area contributed by atoms with E-state index in [0.29, 0.717) is 5.03 Å². The maximum Gasteiger partial charge on any atom is 0.271 e. The Hall–Kier alpha value is 0.0700. The summed E-state index contributed by atoms with van der Waals surface area (Å²) in [5.74, 6) is 0. The van der Waals surface area contributed by atoms with Gasteiger partial charge in [0, 0.05) is 16.4 Å². The molecular weight excluding hydrogens is 166 g/mol. The Bertz CT molecular complexity index is 178. The molecule has 1 aromatic heterocycles. The average Bonchev–Trinajstić information content (AvgIpc) is 2.14. The highest BCUT2D eigenvalue weighted by molar-refractivity contribution is 8.21. The van der Waals surface area contributed by atoms with Gasteiger partial charge in [0.1, 0.15) is 5.03 Å². The van der Waals surface area contributed by atoms with Gasteiger partial charge in [-0.05, 0) is 10.7 Å². The van der Waals surface area contributed by atoms with Crippen molar-refractivity contribution in [3.8, 4) is 5.19 Å². The van der Waals surface area contributed by atoms with Crippen molar-refractivity contribution in [2.24, 2.45) is 0 Å². The van der Waals surface area contributed by atoms with Crippen molar-refractivity contribution in [2.75, 3.05) is 0 Å². The van der Waals surface area contributed by atoms with Crippen LogP contribution in [0.5, 0.6) is 5.19 Å². The largest absolute Gasteiger partial charge is 0.486 e. The number of aromatic hydroxyl groups is 1. The summed E-state index contributed by atoms with van der Waals surface area (Å²) in [5, 5.41) is 11.0. The Morgan fingerprint density at radius 2 is 2.62 bits per heavy atom. The molecule has 0 aliphatic heterocycles. The molecule has 44 valence electrons. The third kappa shape index (κ3) is 1.27. The van der Waals surface area contributed by atoms with E-state index in [1.165, 1.54) is 11.3 Å². The second kappa shape index (κ2) is 2.57. The first-order chi connectivity index (χ1) is 3.83. The maximum absolute atomic E-state index is 8.62. The first-order valence-corrected chi connectivity index (χ1v) is 4.28. The highest BCUT2D eigenvalue weighted by Crippen LogP contribution is 2.26. The molecule has 2 nitrogen and oxygen atoms in total. The number of thiazole rings is 1. The van der Waals surface area contributed by atoms with Gasteiger partial charge in [-0.1, -0.05) is 11.3 Å². The van der Waals surface area contributed by atoms with Crippen LogP contribution in [0.1, 0.15) is 0 Å². The van der Waals surface area contributed by atoms with Gasteiger partial charge in [-0.25, -0.2) is 0 Å². The van der Waals surface area contributed by atoms with Gasteiger partial charge < -0.3 is 5.11 Å². The molecule has 0 saturated carbocycles. The fourth-order valence-corrected chi connectivity index (χ4v) is 1.59. The van der Waals surface area contributed by atoms with E-state index < -0.39 is 0 Å². The van der Waals surface area contributed by atoms with Gasteiger partial charge in [0.25, 0.3) is 5.19 Å². The predicted octanol–water partition coefficient (Wildman–Crippen LogP) is 2.09. The molecule has 1 aromatic rings. The highest BCUT2D eigenvalue weighted by atomic mass is 35.7. The first kappa shape index (κ1) is 6.19. The number of nitrogens with zero attached hydrogens (tertiary/aromatic N) is 1. The van der Waals surface area contributed by atoms with E-state index in [1.807, 2.05) is 0 Å². The van der Waals surface area contributed by atoms with E-state index >= 15 is 0 Å². The second-order valence-corrected chi connectivity index (χ2v) is 2.92. The minimum Gasteiger partial charge on any atom is -0.486 e. The van der Waals surface area contributed by atoms with Crippen LogP contribution in [-0.2, 0) is 0 Å². The standard InChI is InChI=1S/C3H2ClNOS2/c4-8-2-1-7-3(6)5-2/h1H,(H,5,6). The van der Waals surface area contributed by atoms with E-state index in [9.17, 15) is 0 Å². The summed E-state index contributed by atoms with van der Waals surface area (Å²) >= 11 is 1.17. The smallest absolute Gasteiger partial charge is 0.271 e. The fourth-order valence-electron chi connectivity index (χ4n) is 0.286. The molecule has 1 heterocycles. The van der Waals surface area contributed by atoms with Crippen molar-refractivity contribution < 1.29 is 5.11 Å². The van der Waals surface area contributed by atoms with Gasteiger partial charge in [-0.2, -0.15) is 4.98 Å². The van der Waals surface area contributed by atoms with Crippen molar-refractivity contribution in [3.63, 3.8) is 0 Å². The lowest BCUT2D eigenvalue weighted by Crippen LogP contribution is -1.60. The number of hydrogen-bond acceptors (Lipinski definition) is 4. The van der Waals surface area contributed by atoms with Crippen LogP contribution in [0.15, 0.2) is 10.4 Å². The van der Waals surface area contributed by atoms with Crippen molar-refractivity contribution in [2.45, 2.75) is 5.03 Å². The van der Waals surface area contributed by atoms with Crippen LogP contribution >= 0.6 is 33.0 Å². The maximum atomic E-state index is 8.62. The number of rotatable bonds is 1. The Labute approximate surface area is 59.0 Å². The molecule has 0 fully saturated rings. The van der Waals surface area contributed by atoms with Crippen molar-refractivity contribution in [1.29, 1.82) is 0 Å². The van der Waals surface area contributed by atoms with Crippen LogP contribution in [0.2, 0.25) is 0 Å². The van der Waals surface area contributed by atoms with Crippen LogP contribution in [0.3, 0.4) is 0 Å². The summed E-state index contributed by atoms with van der Waals surface area (Å²) in [6.45, 7) is 0. The lowest BCUT2D eigenvalue weighted by Gasteiger charge is -1.75. The van der Waals surface area contributed by atoms with Crippen molar-refractivity contribution >= 4 is 33.0 Å². The summed E-state index contributed by atoms with van der Waals surface area (Å²) in [6, 6.07) is 0. The molecule has 0 unspecified atom stereocenters. The van der Waals surface area contributed by atoms with Gasteiger partial charge in [0.05, 0.1) is 0 Å². The normalized spacial score (nSPS) is 9.62. The molecule has 5 heteroatoms. The minimum absolute atomic E-state index is 0.0631. The topological polar surface area (TPSA) is 33.1 Å². The Morgan fingerprint density at radius 1 is 1.88 bits per heavy atom. The van der Waals surface area contributed by atoms with Gasteiger partial charge in [0.2, 0.25) is 0 Å². The third-order valence-corrected chi connectivity index (χ3v) is 2.18. The number of aromatic nitrogens is 1.